The summed E-state index contributed by atoms with van der Waals surface area (Å²) in [6.07, 6.45) is 16.1. The van der Waals surface area contributed by atoms with Crippen molar-refractivity contribution in [1.82, 2.24) is 5.32 Å². The van der Waals surface area contributed by atoms with Crippen LogP contribution in [0.5, 0.6) is 0 Å². The molecule has 0 amide bonds. The molecule has 2 heterocycles. The highest BCUT2D eigenvalue weighted by atomic mass is 16.6. The molecule has 2 aromatic rings. The molecule has 2 unspecified atom stereocenters. The van der Waals surface area contributed by atoms with Gasteiger partial charge in [-0.15, -0.1) is 0 Å². The van der Waals surface area contributed by atoms with Crippen molar-refractivity contribution in [2.75, 3.05) is 26.8 Å². The van der Waals surface area contributed by atoms with Crippen molar-refractivity contribution in [3.8, 4) is 0 Å². The van der Waals surface area contributed by atoms with Gasteiger partial charge in [0, 0.05) is 6.42 Å². The minimum Gasteiger partial charge on any atom is -0.493 e. The molecule has 2 aromatic carbocycles. The molecule has 0 aromatic heterocycles. The van der Waals surface area contributed by atoms with Gasteiger partial charge in [-0.1, -0.05) is 60.2 Å². The summed E-state index contributed by atoms with van der Waals surface area (Å²) >= 11 is 0. The van der Waals surface area contributed by atoms with Gasteiger partial charge in [0.1, 0.15) is 19.1 Å². The lowest BCUT2D eigenvalue weighted by atomic mass is 9.76. The summed E-state index contributed by atoms with van der Waals surface area (Å²) in [7, 11) is 1.42. The largest absolute Gasteiger partial charge is 0.493 e. The second kappa shape index (κ2) is 11.8. The smallest absolute Gasteiger partial charge is 0.337 e. The minimum atomic E-state index is -0.498. The Kier molecular flexibility index (Phi) is 8.10. The SMILES string of the molecule is COC(=O)c1ccc(C(Cc2ccc(C3(CC4=CC=CCC4)COC=CO3)cc2)C2CCNCC2)cc1. The van der Waals surface area contributed by atoms with E-state index < -0.39 is 5.60 Å². The lowest BCUT2D eigenvalue weighted by Gasteiger charge is -2.36. The first kappa shape index (κ1) is 25.3. The molecule has 5 nitrogen and oxygen atoms in total. The fourth-order valence-electron chi connectivity index (χ4n) is 5.91. The summed E-state index contributed by atoms with van der Waals surface area (Å²) in [5, 5.41) is 3.50. The van der Waals surface area contributed by atoms with Crippen LogP contribution >= 0.6 is 0 Å². The molecule has 0 spiro atoms. The zero-order valence-corrected chi connectivity index (χ0v) is 21.7. The van der Waals surface area contributed by atoms with Crippen LogP contribution in [-0.2, 0) is 26.2 Å². The van der Waals surface area contributed by atoms with Crippen LogP contribution in [-0.4, -0.2) is 32.8 Å². The summed E-state index contributed by atoms with van der Waals surface area (Å²) in [4.78, 5) is 11.9. The van der Waals surface area contributed by atoms with Gasteiger partial charge < -0.3 is 19.5 Å². The normalized spacial score (nSPS) is 22.5. The van der Waals surface area contributed by atoms with Gasteiger partial charge in [0.15, 0.2) is 5.60 Å². The van der Waals surface area contributed by atoms with E-state index in [-0.39, 0.29) is 5.97 Å². The highest BCUT2D eigenvalue weighted by Gasteiger charge is 2.37. The van der Waals surface area contributed by atoms with E-state index in [9.17, 15) is 4.79 Å². The standard InChI is InChI=1S/C32H37NO4/c1-35-31(34)28-11-9-26(10-12-28)30(27-15-17-33-18-16-27)21-24-7-13-29(14-8-24)32(23-36-19-20-37-32)22-25-5-3-2-4-6-25/h2-3,5,7-14,19-20,27,30,33H,4,6,15-18,21-23H2,1H3. The molecule has 0 saturated carbocycles. The molecule has 5 heteroatoms. The fourth-order valence-corrected chi connectivity index (χ4v) is 5.91. The maximum Gasteiger partial charge on any atom is 0.337 e. The topological polar surface area (TPSA) is 56.8 Å². The number of carbonyl (C=O) groups excluding carboxylic acids is 1. The zero-order chi connectivity index (χ0) is 25.5. The monoisotopic (exact) mass is 499 g/mol. The van der Waals surface area contributed by atoms with Crippen LogP contribution in [0.15, 0.2) is 84.9 Å². The number of hydrogen-bond donors (Lipinski definition) is 1. The number of benzene rings is 2. The summed E-state index contributed by atoms with van der Waals surface area (Å²) < 4.78 is 16.9. The molecule has 0 bridgehead atoms. The van der Waals surface area contributed by atoms with Gasteiger partial charge in [0.05, 0.1) is 12.7 Å². The van der Waals surface area contributed by atoms with Crippen LogP contribution in [0.3, 0.4) is 0 Å². The number of allylic oxidation sites excluding steroid dienone is 3. The van der Waals surface area contributed by atoms with Crippen molar-refractivity contribution in [3.63, 3.8) is 0 Å². The average molecular weight is 500 g/mol. The number of piperidine rings is 1. The van der Waals surface area contributed by atoms with Crippen molar-refractivity contribution < 1.29 is 19.0 Å². The molecule has 2 atom stereocenters. The Morgan fingerprint density at radius 2 is 1.86 bits per heavy atom. The molecule has 2 aliphatic heterocycles. The number of carbonyl (C=O) groups is 1. The third-order valence-corrected chi connectivity index (χ3v) is 8.02. The van der Waals surface area contributed by atoms with E-state index in [0.29, 0.717) is 24.0 Å². The third kappa shape index (κ3) is 5.99. The van der Waals surface area contributed by atoms with E-state index >= 15 is 0 Å². The molecule has 5 rings (SSSR count). The van der Waals surface area contributed by atoms with Crippen LogP contribution in [0.4, 0.5) is 0 Å². The van der Waals surface area contributed by atoms with Gasteiger partial charge in [0.25, 0.3) is 0 Å². The van der Waals surface area contributed by atoms with Crippen LogP contribution in [0.25, 0.3) is 0 Å². The summed E-state index contributed by atoms with van der Waals surface area (Å²) in [5.74, 6) is 0.700. The molecule has 1 fully saturated rings. The van der Waals surface area contributed by atoms with Crippen molar-refractivity contribution in [3.05, 3.63) is 107 Å². The Morgan fingerprint density at radius 3 is 2.51 bits per heavy atom. The molecule has 3 aliphatic rings. The maximum absolute atomic E-state index is 11.9. The van der Waals surface area contributed by atoms with E-state index in [1.165, 1.54) is 23.8 Å². The van der Waals surface area contributed by atoms with Crippen molar-refractivity contribution in [2.45, 2.75) is 50.0 Å². The average Bonchev–Trinajstić information content (AvgIpc) is 2.97. The summed E-state index contributed by atoms with van der Waals surface area (Å²) in [5.41, 5.74) is 5.24. The zero-order valence-electron chi connectivity index (χ0n) is 21.7. The Morgan fingerprint density at radius 1 is 1.08 bits per heavy atom. The maximum atomic E-state index is 11.9. The lowest BCUT2D eigenvalue weighted by Crippen LogP contribution is -2.36. The highest BCUT2D eigenvalue weighted by Crippen LogP contribution is 2.39. The third-order valence-electron chi connectivity index (χ3n) is 8.02. The van der Waals surface area contributed by atoms with E-state index in [0.717, 1.165) is 57.2 Å². The predicted octanol–water partition coefficient (Wildman–Crippen LogP) is 6.18. The quantitative estimate of drug-likeness (QED) is 0.440. The molecule has 1 aliphatic carbocycles. The van der Waals surface area contributed by atoms with Gasteiger partial charge in [-0.05, 0) is 85.9 Å². The van der Waals surface area contributed by atoms with Crippen molar-refractivity contribution in [1.29, 1.82) is 0 Å². The second-order valence-corrected chi connectivity index (χ2v) is 10.4. The first-order valence-corrected chi connectivity index (χ1v) is 13.4. The number of methoxy groups -OCH3 is 1. The van der Waals surface area contributed by atoms with Crippen molar-refractivity contribution >= 4 is 5.97 Å². The van der Waals surface area contributed by atoms with Crippen LogP contribution in [0, 0.1) is 5.92 Å². The van der Waals surface area contributed by atoms with Crippen LogP contribution < -0.4 is 5.32 Å². The molecule has 194 valence electrons. The Hall–Kier alpha value is -3.31. The Labute approximate surface area is 220 Å². The number of hydrogen-bond acceptors (Lipinski definition) is 5. The van der Waals surface area contributed by atoms with Gasteiger partial charge in [-0.25, -0.2) is 4.79 Å². The number of rotatable bonds is 8. The molecular formula is C32H37NO4. The Bertz CT molecular complexity index is 1140. The number of ether oxygens (including phenoxy) is 3. The van der Waals surface area contributed by atoms with E-state index in [4.69, 9.17) is 14.2 Å². The molecule has 0 radical (unpaired) electrons. The fraction of sp³-hybridized carbons (Fsp3) is 0.406. The second-order valence-electron chi connectivity index (χ2n) is 10.4. The van der Waals surface area contributed by atoms with Gasteiger partial charge in [0.2, 0.25) is 0 Å². The molecular weight excluding hydrogens is 462 g/mol. The predicted molar refractivity (Wildman–Crippen MR) is 145 cm³/mol. The Balaban J connectivity index is 1.37. The summed E-state index contributed by atoms with van der Waals surface area (Å²) in [6.45, 7) is 2.62. The first-order valence-electron chi connectivity index (χ1n) is 13.4. The minimum absolute atomic E-state index is 0.293. The van der Waals surface area contributed by atoms with Gasteiger partial charge >= 0.3 is 5.97 Å². The van der Waals surface area contributed by atoms with Crippen molar-refractivity contribution in [2.24, 2.45) is 5.92 Å². The number of esters is 1. The molecule has 37 heavy (non-hydrogen) atoms. The molecule has 1 N–H and O–H groups in total. The summed E-state index contributed by atoms with van der Waals surface area (Å²) in [6, 6.07) is 16.9. The van der Waals surface area contributed by atoms with Crippen LogP contribution in [0.1, 0.15) is 65.1 Å². The lowest BCUT2D eigenvalue weighted by molar-refractivity contribution is -0.0636. The van der Waals surface area contributed by atoms with Crippen LogP contribution in [0.2, 0.25) is 0 Å². The number of nitrogens with one attached hydrogen (secondary N) is 1. The van der Waals surface area contributed by atoms with E-state index in [1.807, 2.05) is 12.1 Å². The van der Waals surface area contributed by atoms with E-state index in [2.05, 4.69) is 59.9 Å². The molecule has 1 saturated heterocycles. The van der Waals surface area contributed by atoms with E-state index in [1.54, 1.807) is 12.5 Å². The first-order chi connectivity index (χ1) is 18.2. The highest BCUT2D eigenvalue weighted by molar-refractivity contribution is 5.89. The van der Waals surface area contributed by atoms with Gasteiger partial charge in [-0.2, -0.15) is 0 Å². The van der Waals surface area contributed by atoms with Gasteiger partial charge in [-0.3, -0.25) is 0 Å².